The number of amides is 3. The van der Waals surface area contributed by atoms with Gasteiger partial charge in [-0.05, 0) is 0 Å². The summed E-state index contributed by atoms with van der Waals surface area (Å²) in [6.45, 7) is 4.43. The first kappa shape index (κ1) is 29.9. The Labute approximate surface area is 232 Å². The minimum atomic E-state index is -1.23. The molecule has 0 bridgehead atoms. The van der Waals surface area contributed by atoms with Crippen LogP contribution >= 0.6 is 23.1 Å². The number of esters is 2. The molecule has 5 atom stereocenters. The highest BCUT2D eigenvalue weighted by atomic mass is 32.2. The van der Waals surface area contributed by atoms with E-state index in [1.54, 1.807) is 13.8 Å². The van der Waals surface area contributed by atoms with E-state index in [9.17, 15) is 29.2 Å². The summed E-state index contributed by atoms with van der Waals surface area (Å²) < 4.78 is 15.7. The molecule has 2 aliphatic heterocycles. The second-order valence-corrected chi connectivity index (χ2v) is 11.3. The number of nitrogens with zero attached hydrogens (tertiary/aromatic N) is 4. The number of thioether (sulfide) groups is 1. The van der Waals surface area contributed by atoms with E-state index < -0.39 is 71.1 Å². The monoisotopic (exact) mass is 586 g/mol. The molecule has 2 saturated heterocycles. The van der Waals surface area contributed by atoms with Gasteiger partial charge in [-0.3, -0.25) is 14.4 Å². The number of carbonyl (C=O) groups is 5. The predicted molar refractivity (Wildman–Crippen MR) is 139 cm³/mol. The summed E-state index contributed by atoms with van der Waals surface area (Å²) in [6, 6.07) is -2.23. The van der Waals surface area contributed by atoms with Crippen molar-refractivity contribution in [3.63, 3.8) is 0 Å². The van der Waals surface area contributed by atoms with Gasteiger partial charge in [-0.25, -0.2) is 14.6 Å². The van der Waals surface area contributed by atoms with Gasteiger partial charge in [0.15, 0.2) is 10.8 Å². The molecule has 17 heteroatoms. The number of oxime groups is 1. The molecule has 0 radical (unpaired) electrons. The molecule has 3 amide bonds. The Kier molecular flexibility index (Phi) is 9.60. The van der Waals surface area contributed by atoms with Crippen LogP contribution in [0.3, 0.4) is 0 Å². The molecule has 2 fully saturated rings. The first-order chi connectivity index (χ1) is 18.3. The quantitative estimate of drug-likeness (QED) is 0.0879. The number of fused-ring (bicyclic) bond motifs is 1. The van der Waals surface area contributed by atoms with Crippen LogP contribution in [0.2, 0.25) is 0 Å². The first-order valence-corrected chi connectivity index (χ1v) is 13.7. The lowest BCUT2D eigenvalue weighted by molar-refractivity contribution is -0.195. The fourth-order valence-electron chi connectivity index (χ4n) is 3.76. The Balaban J connectivity index is 1.75. The zero-order valence-corrected chi connectivity index (χ0v) is 23.5. The number of rotatable bonds is 9. The summed E-state index contributed by atoms with van der Waals surface area (Å²) in [7, 11) is 3.00. The Bertz CT molecular complexity index is 1160. The van der Waals surface area contributed by atoms with Gasteiger partial charge in [-0.2, -0.15) is 0 Å². The number of nitrogens with one attached hydrogen (secondary N) is 1. The van der Waals surface area contributed by atoms with E-state index in [1.807, 2.05) is 0 Å². The standard InChI is InChI=1S/C22H30N6O9S2/c1-9(2)19(31)36-10(3)37-20(32)15-11(6-35-22(33)27(4)5)7-38-18-14(17(30)28(15)18)25-16(29)13(26-34)12-8-39-21(23)24-12/h8-11,14-15,18,34H,6-7H2,1-5H3,(H2,23,24)(H,25,29)/b26-13+. The normalized spacial score (nSPS) is 23.3. The summed E-state index contributed by atoms with van der Waals surface area (Å²) in [4.78, 5) is 69.4. The smallest absolute Gasteiger partial charge is 0.409 e. The van der Waals surface area contributed by atoms with Gasteiger partial charge in [-0.1, -0.05) is 19.0 Å². The van der Waals surface area contributed by atoms with Crippen LogP contribution in [0.5, 0.6) is 0 Å². The third-order valence-electron chi connectivity index (χ3n) is 5.74. The summed E-state index contributed by atoms with van der Waals surface area (Å²) in [5.41, 5.74) is 5.18. The van der Waals surface area contributed by atoms with E-state index in [0.717, 1.165) is 11.3 Å². The average molecular weight is 587 g/mol. The molecule has 214 valence electrons. The van der Waals surface area contributed by atoms with Crippen LogP contribution in [-0.4, -0.2) is 106 Å². The van der Waals surface area contributed by atoms with Gasteiger partial charge in [-0.15, -0.1) is 23.1 Å². The lowest BCUT2D eigenvalue weighted by Crippen LogP contribution is -2.76. The molecule has 1 aromatic heterocycles. The van der Waals surface area contributed by atoms with Crippen molar-refractivity contribution in [1.29, 1.82) is 0 Å². The summed E-state index contributed by atoms with van der Waals surface area (Å²) in [6.07, 6.45) is -1.86. The zero-order chi connectivity index (χ0) is 29.0. The van der Waals surface area contributed by atoms with Crippen LogP contribution in [-0.2, 0) is 33.4 Å². The number of nitrogens with two attached hydrogens (primary N) is 1. The number of anilines is 1. The minimum absolute atomic E-state index is 0.0339. The maximum absolute atomic E-state index is 13.2. The Morgan fingerprint density at radius 3 is 2.54 bits per heavy atom. The van der Waals surface area contributed by atoms with Crippen molar-refractivity contribution in [2.24, 2.45) is 17.0 Å². The molecule has 3 heterocycles. The summed E-state index contributed by atoms with van der Waals surface area (Å²) in [5.74, 6) is -3.73. The lowest BCUT2D eigenvalue weighted by Gasteiger charge is -2.54. The van der Waals surface area contributed by atoms with Crippen LogP contribution in [0.25, 0.3) is 0 Å². The number of carbonyl (C=O) groups excluding carboxylic acids is 5. The van der Waals surface area contributed by atoms with E-state index >= 15 is 0 Å². The predicted octanol–water partition coefficient (Wildman–Crippen LogP) is 0.0749. The van der Waals surface area contributed by atoms with Gasteiger partial charge >= 0.3 is 18.0 Å². The van der Waals surface area contributed by atoms with E-state index in [1.165, 1.54) is 48.0 Å². The number of ether oxygens (including phenoxy) is 3. The number of thiazole rings is 1. The van der Waals surface area contributed by atoms with E-state index in [0.29, 0.717) is 0 Å². The van der Waals surface area contributed by atoms with Gasteiger partial charge in [0, 0.05) is 38.1 Å². The molecule has 0 saturated carbocycles. The van der Waals surface area contributed by atoms with Crippen molar-refractivity contribution in [2.75, 3.05) is 32.2 Å². The molecule has 3 rings (SSSR count). The number of β-lactam (4-membered cyclic amide) rings is 1. The number of hydrogen-bond acceptors (Lipinski definition) is 14. The van der Waals surface area contributed by atoms with Gasteiger partial charge in [0.2, 0.25) is 12.2 Å². The molecule has 0 aliphatic carbocycles. The van der Waals surface area contributed by atoms with Gasteiger partial charge in [0.1, 0.15) is 23.2 Å². The molecule has 15 nitrogen and oxygen atoms in total. The zero-order valence-electron chi connectivity index (χ0n) is 21.9. The Morgan fingerprint density at radius 2 is 1.97 bits per heavy atom. The third-order valence-corrected chi connectivity index (χ3v) is 7.87. The van der Waals surface area contributed by atoms with Gasteiger partial charge in [0.05, 0.1) is 12.5 Å². The second kappa shape index (κ2) is 12.5. The van der Waals surface area contributed by atoms with Gasteiger partial charge < -0.3 is 40.3 Å². The molecular weight excluding hydrogens is 556 g/mol. The van der Waals surface area contributed by atoms with Crippen molar-refractivity contribution in [2.45, 2.75) is 44.5 Å². The van der Waals surface area contributed by atoms with Crippen molar-refractivity contribution >= 4 is 63.8 Å². The number of aromatic nitrogens is 1. The molecule has 5 unspecified atom stereocenters. The molecule has 0 spiro atoms. The second-order valence-electron chi connectivity index (χ2n) is 9.21. The highest BCUT2D eigenvalue weighted by Crippen LogP contribution is 2.41. The fraction of sp³-hybridized carbons (Fsp3) is 0.591. The van der Waals surface area contributed by atoms with Crippen molar-refractivity contribution in [3.05, 3.63) is 11.1 Å². The highest BCUT2D eigenvalue weighted by molar-refractivity contribution is 8.00. The van der Waals surface area contributed by atoms with E-state index in [2.05, 4.69) is 15.5 Å². The van der Waals surface area contributed by atoms with Crippen LogP contribution in [0, 0.1) is 11.8 Å². The topological polar surface area (TPSA) is 203 Å². The number of nitrogen functional groups attached to an aromatic ring is 1. The summed E-state index contributed by atoms with van der Waals surface area (Å²) in [5, 5.41) is 15.7. The molecular formula is C22H30N6O9S2. The molecule has 2 aliphatic rings. The van der Waals surface area contributed by atoms with Crippen LogP contribution in [0.4, 0.5) is 9.93 Å². The average Bonchev–Trinajstić information content (AvgIpc) is 3.30. The van der Waals surface area contributed by atoms with E-state index in [4.69, 9.17) is 19.9 Å². The fourth-order valence-corrected chi connectivity index (χ4v) is 5.80. The SMILES string of the molecule is CC(OC(=O)C(C)C)OC(=O)C1C(COC(=O)N(C)C)CSC2C(NC(=O)/C(=N/O)c3csc(N)n3)C(=O)N21. The molecule has 0 aromatic carbocycles. The van der Waals surface area contributed by atoms with Crippen LogP contribution < -0.4 is 11.1 Å². The largest absolute Gasteiger partial charge is 0.449 e. The third kappa shape index (κ3) is 6.70. The van der Waals surface area contributed by atoms with Gasteiger partial charge in [0.25, 0.3) is 5.91 Å². The molecule has 1 aromatic rings. The van der Waals surface area contributed by atoms with E-state index in [-0.39, 0.29) is 23.2 Å². The lowest BCUT2D eigenvalue weighted by atomic mass is 9.93. The van der Waals surface area contributed by atoms with Crippen molar-refractivity contribution in [1.82, 2.24) is 20.1 Å². The Morgan fingerprint density at radius 1 is 1.28 bits per heavy atom. The van der Waals surface area contributed by atoms with Crippen LogP contribution in [0.1, 0.15) is 26.5 Å². The maximum Gasteiger partial charge on any atom is 0.409 e. The first-order valence-electron chi connectivity index (χ1n) is 11.8. The van der Waals surface area contributed by atoms with Crippen molar-refractivity contribution in [3.8, 4) is 0 Å². The van der Waals surface area contributed by atoms with Crippen LogP contribution in [0.15, 0.2) is 10.5 Å². The minimum Gasteiger partial charge on any atom is -0.449 e. The summed E-state index contributed by atoms with van der Waals surface area (Å²) >= 11 is 2.30. The molecule has 39 heavy (non-hydrogen) atoms. The Hall–Kier alpha value is -3.60. The maximum atomic E-state index is 13.2. The number of hydrogen-bond donors (Lipinski definition) is 3. The van der Waals surface area contributed by atoms with Crippen molar-refractivity contribution < 1.29 is 43.4 Å². The molecule has 4 N–H and O–H groups in total. The highest BCUT2D eigenvalue weighted by Gasteiger charge is 2.58.